The molecule has 0 aliphatic rings. The Morgan fingerprint density at radius 1 is 1.00 bits per heavy atom. The number of hydrogen-bond donors (Lipinski definition) is 1. The van der Waals surface area contributed by atoms with E-state index in [0.717, 1.165) is 12.1 Å². The summed E-state index contributed by atoms with van der Waals surface area (Å²) in [4.78, 5) is 11.7. The van der Waals surface area contributed by atoms with Gasteiger partial charge in [0.15, 0.2) is 0 Å². The standard InChI is InChI=1S/C18H21NO2/c1-2-3-5-8-15-11-13-16(14-12-15)19-18(20)21-17-9-6-4-7-10-17/h4,6-7,9-14H,2-3,5,8H2,1H3,(H,19,20). The molecular formula is C18H21NO2. The molecule has 0 radical (unpaired) electrons. The molecule has 3 nitrogen and oxygen atoms in total. The van der Waals surface area contributed by atoms with E-state index in [1.54, 1.807) is 12.1 Å². The first-order chi connectivity index (χ1) is 10.3. The van der Waals surface area contributed by atoms with Crippen molar-refractivity contribution in [2.24, 2.45) is 0 Å². The molecule has 0 aromatic heterocycles. The van der Waals surface area contributed by atoms with Crippen LogP contribution in [0, 0.1) is 0 Å². The van der Waals surface area contributed by atoms with E-state index in [1.165, 1.54) is 24.8 Å². The lowest BCUT2D eigenvalue weighted by molar-refractivity contribution is 0.215. The van der Waals surface area contributed by atoms with Crippen molar-refractivity contribution in [3.05, 3.63) is 60.2 Å². The predicted molar refractivity (Wildman–Crippen MR) is 85.8 cm³/mol. The van der Waals surface area contributed by atoms with Crippen molar-refractivity contribution in [2.45, 2.75) is 32.6 Å². The molecule has 0 bridgehead atoms. The second-order valence-corrected chi connectivity index (χ2v) is 4.98. The van der Waals surface area contributed by atoms with Crippen LogP contribution in [-0.4, -0.2) is 6.09 Å². The van der Waals surface area contributed by atoms with Crippen molar-refractivity contribution in [2.75, 3.05) is 5.32 Å². The lowest BCUT2D eigenvalue weighted by Gasteiger charge is -2.07. The number of hydrogen-bond acceptors (Lipinski definition) is 2. The first kappa shape index (κ1) is 15.1. The molecule has 2 aromatic carbocycles. The fourth-order valence-electron chi connectivity index (χ4n) is 2.07. The second-order valence-electron chi connectivity index (χ2n) is 4.98. The summed E-state index contributed by atoms with van der Waals surface area (Å²) in [6.07, 6.45) is 4.30. The Hall–Kier alpha value is -2.29. The molecule has 1 N–H and O–H groups in total. The van der Waals surface area contributed by atoms with Gasteiger partial charge in [0.05, 0.1) is 0 Å². The van der Waals surface area contributed by atoms with Gasteiger partial charge in [-0.1, -0.05) is 50.1 Å². The van der Waals surface area contributed by atoms with E-state index in [4.69, 9.17) is 4.74 Å². The summed E-state index contributed by atoms with van der Waals surface area (Å²) in [5.74, 6) is 0.534. The molecule has 2 aromatic rings. The number of carbonyl (C=O) groups excluding carboxylic acids is 1. The molecule has 0 aliphatic carbocycles. The Morgan fingerprint density at radius 3 is 2.38 bits per heavy atom. The van der Waals surface area contributed by atoms with Crippen LogP contribution in [-0.2, 0) is 6.42 Å². The van der Waals surface area contributed by atoms with Gasteiger partial charge in [-0.15, -0.1) is 0 Å². The minimum absolute atomic E-state index is 0.472. The Balaban J connectivity index is 1.83. The topological polar surface area (TPSA) is 38.3 Å². The van der Waals surface area contributed by atoms with Crippen molar-refractivity contribution < 1.29 is 9.53 Å². The molecule has 0 aliphatic heterocycles. The minimum atomic E-state index is -0.472. The van der Waals surface area contributed by atoms with Gasteiger partial charge in [-0.05, 0) is 42.7 Å². The van der Waals surface area contributed by atoms with Crippen LogP contribution in [0.5, 0.6) is 5.75 Å². The van der Waals surface area contributed by atoms with Gasteiger partial charge in [-0.2, -0.15) is 0 Å². The normalized spacial score (nSPS) is 10.1. The van der Waals surface area contributed by atoms with Crippen LogP contribution in [0.3, 0.4) is 0 Å². The summed E-state index contributed by atoms with van der Waals surface area (Å²) >= 11 is 0. The van der Waals surface area contributed by atoms with Crippen LogP contribution in [0.15, 0.2) is 54.6 Å². The summed E-state index contributed by atoms with van der Waals surface area (Å²) in [5.41, 5.74) is 2.04. The number of para-hydroxylation sites is 1. The van der Waals surface area contributed by atoms with E-state index < -0.39 is 6.09 Å². The maximum absolute atomic E-state index is 11.7. The molecule has 0 saturated heterocycles. The number of amides is 1. The number of ether oxygens (including phenoxy) is 1. The van der Waals surface area contributed by atoms with E-state index in [0.29, 0.717) is 5.75 Å². The Morgan fingerprint density at radius 2 is 1.71 bits per heavy atom. The van der Waals surface area contributed by atoms with E-state index in [9.17, 15) is 4.79 Å². The SMILES string of the molecule is CCCCCc1ccc(NC(=O)Oc2ccccc2)cc1. The van der Waals surface area contributed by atoms with Crippen LogP contribution in [0.1, 0.15) is 31.7 Å². The lowest BCUT2D eigenvalue weighted by Crippen LogP contribution is -2.16. The van der Waals surface area contributed by atoms with E-state index in [-0.39, 0.29) is 0 Å². The fraction of sp³-hybridized carbons (Fsp3) is 0.278. The number of anilines is 1. The first-order valence-electron chi connectivity index (χ1n) is 7.41. The highest BCUT2D eigenvalue weighted by molar-refractivity contribution is 5.86. The second kappa shape index (κ2) is 8.10. The number of carbonyl (C=O) groups is 1. The first-order valence-corrected chi connectivity index (χ1v) is 7.41. The highest BCUT2D eigenvalue weighted by Gasteiger charge is 2.04. The number of unbranched alkanes of at least 4 members (excludes halogenated alkanes) is 2. The van der Waals surface area contributed by atoms with Crippen LogP contribution < -0.4 is 10.1 Å². The molecule has 0 atom stereocenters. The quantitative estimate of drug-likeness (QED) is 0.755. The number of rotatable bonds is 6. The van der Waals surface area contributed by atoms with Crippen molar-refractivity contribution >= 4 is 11.8 Å². The molecule has 2 rings (SSSR count). The number of benzene rings is 2. The van der Waals surface area contributed by atoms with Gasteiger partial charge in [0.1, 0.15) is 5.75 Å². The minimum Gasteiger partial charge on any atom is -0.410 e. The van der Waals surface area contributed by atoms with E-state index in [2.05, 4.69) is 12.2 Å². The zero-order chi connectivity index (χ0) is 14.9. The fourth-order valence-corrected chi connectivity index (χ4v) is 2.07. The van der Waals surface area contributed by atoms with Gasteiger partial charge >= 0.3 is 6.09 Å². The zero-order valence-electron chi connectivity index (χ0n) is 12.3. The maximum atomic E-state index is 11.7. The molecular weight excluding hydrogens is 262 g/mol. The molecule has 110 valence electrons. The van der Waals surface area contributed by atoms with E-state index in [1.807, 2.05) is 42.5 Å². The highest BCUT2D eigenvalue weighted by Crippen LogP contribution is 2.14. The Labute approximate surface area is 126 Å². The van der Waals surface area contributed by atoms with Gasteiger partial charge in [0.2, 0.25) is 0 Å². The van der Waals surface area contributed by atoms with Crippen molar-refractivity contribution in [1.29, 1.82) is 0 Å². The van der Waals surface area contributed by atoms with Crippen LogP contribution in [0.2, 0.25) is 0 Å². The third-order valence-corrected chi connectivity index (χ3v) is 3.22. The molecule has 0 unspecified atom stereocenters. The third kappa shape index (κ3) is 5.30. The molecule has 0 heterocycles. The molecule has 3 heteroatoms. The predicted octanol–water partition coefficient (Wildman–Crippen LogP) is 5.03. The molecule has 1 amide bonds. The third-order valence-electron chi connectivity index (χ3n) is 3.22. The maximum Gasteiger partial charge on any atom is 0.417 e. The molecule has 21 heavy (non-hydrogen) atoms. The van der Waals surface area contributed by atoms with Crippen molar-refractivity contribution in [3.8, 4) is 5.75 Å². The average Bonchev–Trinajstić information content (AvgIpc) is 2.50. The number of aryl methyl sites for hydroxylation is 1. The molecule has 0 fully saturated rings. The largest absolute Gasteiger partial charge is 0.417 e. The summed E-state index contributed by atoms with van der Waals surface area (Å²) in [6.45, 7) is 2.20. The Kier molecular flexibility index (Phi) is 5.83. The lowest BCUT2D eigenvalue weighted by atomic mass is 10.1. The molecule has 0 saturated carbocycles. The summed E-state index contributed by atoms with van der Waals surface area (Å²) < 4.78 is 5.18. The number of nitrogens with one attached hydrogen (secondary N) is 1. The van der Waals surface area contributed by atoms with Crippen molar-refractivity contribution in [3.63, 3.8) is 0 Å². The Bertz CT molecular complexity index is 549. The van der Waals surface area contributed by atoms with Crippen molar-refractivity contribution in [1.82, 2.24) is 0 Å². The smallest absolute Gasteiger partial charge is 0.410 e. The van der Waals surface area contributed by atoms with Crippen LogP contribution >= 0.6 is 0 Å². The van der Waals surface area contributed by atoms with E-state index >= 15 is 0 Å². The van der Waals surface area contributed by atoms with Gasteiger partial charge < -0.3 is 4.74 Å². The summed E-state index contributed by atoms with van der Waals surface area (Å²) in [5, 5.41) is 2.72. The van der Waals surface area contributed by atoms with Crippen LogP contribution in [0.25, 0.3) is 0 Å². The van der Waals surface area contributed by atoms with Gasteiger partial charge in [0.25, 0.3) is 0 Å². The summed E-state index contributed by atoms with van der Waals surface area (Å²) in [7, 11) is 0. The highest BCUT2D eigenvalue weighted by atomic mass is 16.6. The van der Waals surface area contributed by atoms with Gasteiger partial charge in [0, 0.05) is 5.69 Å². The van der Waals surface area contributed by atoms with Crippen LogP contribution in [0.4, 0.5) is 10.5 Å². The molecule has 0 spiro atoms. The average molecular weight is 283 g/mol. The zero-order valence-corrected chi connectivity index (χ0v) is 12.3. The summed E-state index contributed by atoms with van der Waals surface area (Å²) in [6, 6.07) is 16.9. The van der Waals surface area contributed by atoms with Gasteiger partial charge in [-0.3, -0.25) is 5.32 Å². The van der Waals surface area contributed by atoms with Gasteiger partial charge in [-0.25, -0.2) is 4.79 Å². The monoisotopic (exact) mass is 283 g/mol.